The molecule has 0 amide bonds. The summed E-state index contributed by atoms with van der Waals surface area (Å²) in [6.07, 6.45) is 2.45. The molecular formula is C14H17N7O3. The number of esters is 1. The van der Waals surface area contributed by atoms with Crippen LogP contribution in [-0.4, -0.2) is 43.7 Å². The molecule has 3 aromatic rings. The highest BCUT2D eigenvalue weighted by Crippen LogP contribution is 2.17. The van der Waals surface area contributed by atoms with E-state index in [9.17, 15) is 4.79 Å². The molecule has 0 saturated heterocycles. The molecule has 0 atom stereocenters. The summed E-state index contributed by atoms with van der Waals surface area (Å²) < 4.78 is 11.4. The van der Waals surface area contributed by atoms with Crippen LogP contribution in [-0.2, 0) is 9.53 Å². The SMILES string of the molecule is CCOC(=O)CCCNc1nc(N)n2nc(-c3ccco3)nc2n1. The zero-order valence-electron chi connectivity index (χ0n) is 13.1. The molecular weight excluding hydrogens is 314 g/mol. The smallest absolute Gasteiger partial charge is 0.305 e. The van der Waals surface area contributed by atoms with Crippen molar-refractivity contribution in [1.29, 1.82) is 0 Å². The van der Waals surface area contributed by atoms with Gasteiger partial charge in [-0.05, 0) is 25.5 Å². The predicted molar refractivity (Wildman–Crippen MR) is 85.0 cm³/mol. The Balaban J connectivity index is 1.68. The van der Waals surface area contributed by atoms with E-state index in [4.69, 9.17) is 14.9 Å². The van der Waals surface area contributed by atoms with Crippen molar-refractivity contribution in [2.75, 3.05) is 24.2 Å². The first-order chi connectivity index (χ1) is 11.7. The Labute approximate surface area is 137 Å². The maximum absolute atomic E-state index is 11.3. The number of aromatic nitrogens is 5. The van der Waals surface area contributed by atoms with Gasteiger partial charge < -0.3 is 20.2 Å². The highest BCUT2D eigenvalue weighted by molar-refractivity contribution is 5.69. The van der Waals surface area contributed by atoms with E-state index < -0.39 is 0 Å². The topological polar surface area (TPSA) is 133 Å². The van der Waals surface area contributed by atoms with Crippen LogP contribution in [0.2, 0.25) is 0 Å². The van der Waals surface area contributed by atoms with Crippen LogP contribution in [0.3, 0.4) is 0 Å². The van der Waals surface area contributed by atoms with Gasteiger partial charge in [0.2, 0.25) is 17.7 Å². The van der Waals surface area contributed by atoms with Gasteiger partial charge >= 0.3 is 5.97 Å². The van der Waals surface area contributed by atoms with Crippen molar-refractivity contribution < 1.29 is 13.9 Å². The Kier molecular flexibility index (Phi) is 4.54. The Bertz CT molecular complexity index is 828. The number of rotatable bonds is 7. The normalized spacial score (nSPS) is 10.9. The van der Waals surface area contributed by atoms with E-state index in [2.05, 4.69) is 25.4 Å². The van der Waals surface area contributed by atoms with E-state index in [1.54, 1.807) is 19.1 Å². The maximum atomic E-state index is 11.3. The zero-order valence-corrected chi connectivity index (χ0v) is 13.1. The standard InChI is InChI=1S/C14H17N7O3/c1-2-23-10(22)6-3-7-16-13-18-12(15)21-14(19-13)17-11(20-21)9-5-4-8-24-9/h4-5,8H,2-3,6-7H2,1H3,(H3,15,16,17,18,19,20). The molecule has 0 bridgehead atoms. The number of furan rings is 1. The van der Waals surface area contributed by atoms with Gasteiger partial charge in [0.25, 0.3) is 5.78 Å². The fourth-order valence-electron chi connectivity index (χ4n) is 2.06. The molecule has 0 aliphatic carbocycles. The third kappa shape index (κ3) is 3.42. The van der Waals surface area contributed by atoms with Gasteiger partial charge in [0.1, 0.15) is 0 Å². The lowest BCUT2D eigenvalue weighted by atomic mass is 10.3. The number of hydrogen-bond donors (Lipinski definition) is 2. The molecule has 3 rings (SSSR count). The van der Waals surface area contributed by atoms with Crippen LogP contribution in [0.15, 0.2) is 22.8 Å². The molecule has 24 heavy (non-hydrogen) atoms. The number of carbonyl (C=O) groups is 1. The molecule has 0 aliphatic heterocycles. The number of ether oxygens (including phenoxy) is 1. The second-order valence-corrected chi connectivity index (χ2v) is 4.87. The number of nitrogens with two attached hydrogens (primary N) is 1. The number of nitrogens with one attached hydrogen (secondary N) is 1. The summed E-state index contributed by atoms with van der Waals surface area (Å²) in [6, 6.07) is 3.49. The van der Waals surface area contributed by atoms with Gasteiger partial charge in [0.15, 0.2) is 5.76 Å². The van der Waals surface area contributed by atoms with E-state index in [0.29, 0.717) is 49.3 Å². The van der Waals surface area contributed by atoms with Crippen LogP contribution < -0.4 is 11.1 Å². The molecule has 3 N–H and O–H groups in total. The second-order valence-electron chi connectivity index (χ2n) is 4.87. The highest BCUT2D eigenvalue weighted by Gasteiger charge is 2.13. The summed E-state index contributed by atoms with van der Waals surface area (Å²) >= 11 is 0. The first-order valence-corrected chi connectivity index (χ1v) is 7.51. The van der Waals surface area contributed by atoms with Gasteiger partial charge in [0.05, 0.1) is 12.9 Å². The van der Waals surface area contributed by atoms with E-state index >= 15 is 0 Å². The first-order valence-electron chi connectivity index (χ1n) is 7.51. The lowest BCUT2D eigenvalue weighted by Crippen LogP contribution is -2.12. The molecule has 3 heterocycles. The van der Waals surface area contributed by atoms with Crippen LogP contribution in [0.4, 0.5) is 11.9 Å². The van der Waals surface area contributed by atoms with Gasteiger partial charge in [-0.1, -0.05) is 0 Å². The number of anilines is 2. The molecule has 0 aromatic carbocycles. The van der Waals surface area contributed by atoms with Crippen molar-refractivity contribution in [3.63, 3.8) is 0 Å². The quantitative estimate of drug-likeness (QED) is 0.482. The van der Waals surface area contributed by atoms with E-state index in [1.165, 1.54) is 10.8 Å². The van der Waals surface area contributed by atoms with Crippen molar-refractivity contribution in [3.8, 4) is 11.6 Å². The van der Waals surface area contributed by atoms with Gasteiger partial charge in [-0.2, -0.15) is 19.5 Å². The minimum absolute atomic E-state index is 0.151. The van der Waals surface area contributed by atoms with Gasteiger partial charge in [-0.25, -0.2) is 0 Å². The average molecular weight is 331 g/mol. The number of nitrogen functional groups attached to an aromatic ring is 1. The lowest BCUT2D eigenvalue weighted by molar-refractivity contribution is -0.143. The molecule has 0 saturated carbocycles. The van der Waals surface area contributed by atoms with Crippen LogP contribution in [0, 0.1) is 0 Å². The number of hydrogen-bond acceptors (Lipinski definition) is 9. The third-order valence-electron chi connectivity index (χ3n) is 3.12. The molecule has 0 spiro atoms. The average Bonchev–Trinajstić information content (AvgIpc) is 3.21. The Hall–Kier alpha value is -3.17. The van der Waals surface area contributed by atoms with E-state index in [0.717, 1.165) is 0 Å². The van der Waals surface area contributed by atoms with Crippen molar-refractivity contribution in [3.05, 3.63) is 18.4 Å². The number of nitrogens with zero attached hydrogens (tertiary/aromatic N) is 5. The molecule has 10 nitrogen and oxygen atoms in total. The molecule has 0 fully saturated rings. The van der Waals surface area contributed by atoms with Gasteiger partial charge in [-0.3, -0.25) is 4.79 Å². The molecule has 126 valence electrons. The molecule has 10 heteroatoms. The monoisotopic (exact) mass is 331 g/mol. The van der Waals surface area contributed by atoms with Crippen LogP contribution >= 0.6 is 0 Å². The number of carbonyl (C=O) groups excluding carboxylic acids is 1. The minimum Gasteiger partial charge on any atom is -0.466 e. The van der Waals surface area contributed by atoms with Gasteiger partial charge in [0, 0.05) is 13.0 Å². The van der Waals surface area contributed by atoms with Crippen molar-refractivity contribution in [2.45, 2.75) is 19.8 Å². The summed E-state index contributed by atoms with van der Waals surface area (Å²) in [5.74, 6) is 1.45. The Morgan fingerprint density at radius 1 is 1.42 bits per heavy atom. The largest absolute Gasteiger partial charge is 0.466 e. The first kappa shape index (κ1) is 15.7. The summed E-state index contributed by atoms with van der Waals surface area (Å²) in [5, 5.41) is 7.21. The van der Waals surface area contributed by atoms with Crippen LogP contribution in [0.5, 0.6) is 0 Å². The van der Waals surface area contributed by atoms with Crippen molar-refractivity contribution in [1.82, 2.24) is 24.6 Å². The fourth-order valence-corrected chi connectivity index (χ4v) is 2.06. The molecule has 3 aromatic heterocycles. The summed E-state index contributed by atoms with van der Waals surface area (Å²) in [5.41, 5.74) is 5.88. The zero-order chi connectivity index (χ0) is 16.9. The van der Waals surface area contributed by atoms with Crippen molar-refractivity contribution >= 4 is 23.6 Å². The van der Waals surface area contributed by atoms with Gasteiger partial charge in [-0.15, -0.1) is 5.10 Å². The summed E-state index contributed by atoms with van der Waals surface area (Å²) in [6.45, 7) is 2.67. The summed E-state index contributed by atoms with van der Waals surface area (Å²) in [4.78, 5) is 23.9. The molecule has 0 unspecified atom stereocenters. The van der Waals surface area contributed by atoms with E-state index in [-0.39, 0.29) is 11.9 Å². The summed E-state index contributed by atoms with van der Waals surface area (Å²) in [7, 11) is 0. The Morgan fingerprint density at radius 3 is 3.04 bits per heavy atom. The number of fused-ring (bicyclic) bond motifs is 1. The van der Waals surface area contributed by atoms with Crippen LogP contribution in [0.1, 0.15) is 19.8 Å². The third-order valence-corrected chi connectivity index (χ3v) is 3.12. The molecule has 0 aliphatic rings. The van der Waals surface area contributed by atoms with Crippen molar-refractivity contribution in [2.24, 2.45) is 0 Å². The second kappa shape index (κ2) is 6.94. The lowest BCUT2D eigenvalue weighted by Gasteiger charge is -2.05. The predicted octanol–water partition coefficient (Wildman–Crippen LogP) is 1.12. The van der Waals surface area contributed by atoms with Crippen LogP contribution in [0.25, 0.3) is 17.4 Å². The maximum Gasteiger partial charge on any atom is 0.305 e. The fraction of sp³-hybridized carbons (Fsp3) is 0.357. The molecule has 0 radical (unpaired) electrons. The minimum atomic E-state index is -0.226. The highest BCUT2D eigenvalue weighted by atomic mass is 16.5. The van der Waals surface area contributed by atoms with E-state index in [1.807, 2.05) is 0 Å². The Morgan fingerprint density at radius 2 is 2.29 bits per heavy atom.